The van der Waals surface area contributed by atoms with Crippen LogP contribution in [-0.2, 0) is 57.2 Å². The molecular weight excluding hydrogens is 598 g/mol. The Hall–Kier alpha value is -4.54. The third kappa shape index (κ3) is 9.48. The van der Waals surface area contributed by atoms with Crippen molar-refractivity contribution in [2.24, 2.45) is 0 Å². The van der Waals surface area contributed by atoms with Crippen molar-refractivity contribution in [1.29, 1.82) is 0 Å². The van der Waals surface area contributed by atoms with Gasteiger partial charge in [-0.2, -0.15) is 0 Å². The molecule has 1 heterocycles. The van der Waals surface area contributed by atoms with Gasteiger partial charge in [0.2, 0.25) is 5.91 Å². The zero-order chi connectivity index (χ0) is 33.4. The third-order valence-corrected chi connectivity index (χ3v) is 6.04. The lowest BCUT2D eigenvalue weighted by molar-refractivity contribution is -0.289. The van der Waals surface area contributed by atoms with E-state index in [2.05, 4.69) is 5.32 Å². The maximum atomic E-state index is 14.0. The predicted octanol–water partition coefficient (Wildman–Crippen LogP) is 1.11. The average molecular weight is 633 g/mol. The zero-order valence-corrected chi connectivity index (χ0v) is 24.8. The minimum Gasteiger partial charge on any atom is -0.464 e. The predicted molar refractivity (Wildman–Crippen MR) is 142 cm³/mol. The molecule has 3 N–H and O–H groups in total. The number of carbonyl (C=O) groups excluding carboxylic acids is 6. The lowest BCUT2D eigenvalue weighted by atomic mass is 9.88. The van der Waals surface area contributed by atoms with Gasteiger partial charge in [-0.25, -0.2) is 13.6 Å². The van der Waals surface area contributed by atoms with Crippen LogP contribution in [0.15, 0.2) is 18.2 Å². The molecular formula is C27H34F2N2O13. The molecule has 2 rings (SSSR count). The van der Waals surface area contributed by atoms with Gasteiger partial charge in [-0.3, -0.25) is 24.0 Å². The first-order chi connectivity index (χ1) is 20.5. The van der Waals surface area contributed by atoms with E-state index in [0.29, 0.717) is 0 Å². The van der Waals surface area contributed by atoms with Gasteiger partial charge in [0.15, 0.2) is 12.2 Å². The first-order valence-corrected chi connectivity index (χ1v) is 13.0. The number of methoxy groups -OCH3 is 1. The molecule has 1 saturated heterocycles. The fraction of sp³-hybridized carbons (Fsp3) is 0.556. The molecule has 0 spiro atoms. The number of nitrogen functional groups attached to an aromatic ring is 1. The number of anilines is 1. The number of halogens is 2. The fourth-order valence-corrected chi connectivity index (χ4v) is 4.51. The number of amides is 1. The van der Waals surface area contributed by atoms with Crippen LogP contribution in [-0.4, -0.2) is 85.7 Å². The molecule has 1 aromatic carbocycles. The highest BCUT2D eigenvalue weighted by Gasteiger charge is 2.60. The van der Waals surface area contributed by atoms with Gasteiger partial charge in [-0.15, -0.1) is 0 Å². The molecule has 0 aromatic heterocycles. The number of alkyl halides is 2. The average Bonchev–Trinajstić information content (AvgIpc) is 2.90. The highest BCUT2D eigenvalue weighted by molar-refractivity contribution is 5.79. The van der Waals surface area contributed by atoms with Crippen LogP contribution in [0.4, 0.5) is 14.5 Å². The van der Waals surface area contributed by atoms with E-state index < -0.39 is 103 Å². The highest BCUT2D eigenvalue weighted by atomic mass is 19.3. The van der Waals surface area contributed by atoms with E-state index in [-0.39, 0.29) is 5.69 Å². The molecule has 1 aromatic rings. The second-order valence-electron chi connectivity index (χ2n) is 9.63. The Balaban J connectivity index is 2.86. The molecule has 0 aliphatic carbocycles. The van der Waals surface area contributed by atoms with Crippen LogP contribution in [0, 0.1) is 0 Å². The molecule has 1 aliphatic heterocycles. The maximum absolute atomic E-state index is 14.0. The van der Waals surface area contributed by atoms with E-state index in [1.165, 1.54) is 6.07 Å². The van der Waals surface area contributed by atoms with Gasteiger partial charge in [0.1, 0.15) is 24.6 Å². The lowest BCUT2D eigenvalue weighted by Crippen LogP contribution is -2.70. The molecule has 0 bridgehead atoms. The summed E-state index contributed by atoms with van der Waals surface area (Å²) in [7, 11) is 0.926. The monoisotopic (exact) mass is 632 g/mol. The Morgan fingerprint density at radius 3 is 2.14 bits per heavy atom. The molecule has 244 valence electrons. The summed E-state index contributed by atoms with van der Waals surface area (Å²) in [5.74, 6) is -8.97. The number of hydrogen-bond donors (Lipinski definition) is 2. The SMILES string of the molecule is COC(=O)C1(Oc2ccc(N)cc2C(F)F)CC(OC(C)=O)[C@@H](NC(C)=O)C([C@H](OC(C)=O)[C@H](COC(C)=O)OC(C)=O)O1. The van der Waals surface area contributed by atoms with Crippen molar-refractivity contribution < 1.29 is 70.7 Å². The number of esters is 5. The van der Waals surface area contributed by atoms with Gasteiger partial charge < -0.3 is 44.2 Å². The summed E-state index contributed by atoms with van der Waals surface area (Å²) in [4.78, 5) is 73.8. The number of benzene rings is 1. The van der Waals surface area contributed by atoms with Crippen LogP contribution < -0.4 is 15.8 Å². The van der Waals surface area contributed by atoms with Crippen molar-refractivity contribution in [1.82, 2.24) is 5.32 Å². The summed E-state index contributed by atoms with van der Waals surface area (Å²) in [5, 5.41) is 2.48. The third-order valence-electron chi connectivity index (χ3n) is 6.04. The van der Waals surface area contributed by atoms with Crippen LogP contribution in [0.3, 0.4) is 0 Å². The number of rotatable bonds is 12. The minimum absolute atomic E-state index is 0.0599. The van der Waals surface area contributed by atoms with Crippen molar-refractivity contribution in [2.75, 3.05) is 19.5 Å². The molecule has 1 fully saturated rings. The molecule has 44 heavy (non-hydrogen) atoms. The molecule has 17 heteroatoms. The summed E-state index contributed by atoms with van der Waals surface area (Å²) in [6, 6.07) is 1.67. The smallest absolute Gasteiger partial charge is 0.379 e. The van der Waals surface area contributed by atoms with Crippen molar-refractivity contribution in [3.05, 3.63) is 23.8 Å². The molecule has 0 saturated carbocycles. The van der Waals surface area contributed by atoms with Crippen LogP contribution in [0.2, 0.25) is 0 Å². The number of carbonyl (C=O) groups is 6. The van der Waals surface area contributed by atoms with Crippen molar-refractivity contribution in [3.8, 4) is 5.75 Å². The number of ether oxygens (including phenoxy) is 7. The number of hydrogen-bond acceptors (Lipinski definition) is 14. The fourth-order valence-electron chi connectivity index (χ4n) is 4.51. The van der Waals surface area contributed by atoms with E-state index >= 15 is 0 Å². The van der Waals surface area contributed by atoms with Gasteiger partial charge in [-0.1, -0.05) is 0 Å². The van der Waals surface area contributed by atoms with E-state index in [9.17, 15) is 37.5 Å². The second kappa shape index (κ2) is 15.3. The topological polar surface area (TPSA) is 205 Å². The molecule has 0 radical (unpaired) electrons. The standard InChI is InChI=1S/C27H34F2N2O13/c1-12(32)31-22-20(40-14(3)34)10-27(26(37)38-6,43-19-8-7-17(30)9-18(19)25(28)29)44-24(22)23(42-16(5)36)21(41-15(4)35)11-39-13(2)33/h7-9,20-25H,10-11,30H2,1-6H3,(H,31,32)/t20?,21-,22+,23+,24?,27?/m0/s1. The summed E-state index contributed by atoms with van der Waals surface area (Å²) < 4.78 is 65.8. The lowest BCUT2D eigenvalue weighted by Gasteiger charge is -2.48. The Morgan fingerprint density at radius 2 is 1.64 bits per heavy atom. The van der Waals surface area contributed by atoms with Crippen molar-refractivity contribution in [2.45, 2.75) is 83.7 Å². The van der Waals surface area contributed by atoms with E-state index in [4.69, 9.17) is 38.9 Å². The van der Waals surface area contributed by atoms with E-state index in [0.717, 1.165) is 53.9 Å². The molecule has 15 nitrogen and oxygen atoms in total. The quantitative estimate of drug-likeness (QED) is 0.188. The van der Waals surface area contributed by atoms with E-state index in [1.807, 2.05) is 0 Å². The van der Waals surface area contributed by atoms with Gasteiger partial charge in [0.05, 0.1) is 25.1 Å². The minimum atomic E-state index is -3.15. The van der Waals surface area contributed by atoms with Crippen LogP contribution in [0.1, 0.15) is 53.0 Å². The normalized spacial score (nSPS) is 22.5. The van der Waals surface area contributed by atoms with E-state index in [1.54, 1.807) is 0 Å². The molecule has 6 atom stereocenters. The van der Waals surface area contributed by atoms with Crippen molar-refractivity contribution >= 4 is 41.4 Å². The van der Waals surface area contributed by atoms with Crippen LogP contribution >= 0.6 is 0 Å². The summed E-state index contributed by atoms with van der Waals surface area (Å²) in [5.41, 5.74) is 4.85. The second-order valence-corrected chi connectivity index (χ2v) is 9.63. The summed E-state index contributed by atoms with van der Waals surface area (Å²) in [6.07, 6.45) is -10.7. The van der Waals surface area contributed by atoms with Crippen molar-refractivity contribution in [3.63, 3.8) is 0 Å². The Morgan fingerprint density at radius 1 is 1.00 bits per heavy atom. The molecule has 3 unspecified atom stereocenters. The molecule has 1 aliphatic rings. The van der Waals surface area contributed by atoms with Gasteiger partial charge in [0.25, 0.3) is 6.43 Å². The summed E-state index contributed by atoms with van der Waals surface area (Å²) >= 11 is 0. The first-order valence-electron chi connectivity index (χ1n) is 13.0. The first kappa shape index (κ1) is 35.7. The zero-order valence-electron chi connectivity index (χ0n) is 24.8. The van der Waals surface area contributed by atoms with Gasteiger partial charge in [-0.05, 0) is 18.2 Å². The van der Waals surface area contributed by atoms with Crippen LogP contribution in [0.5, 0.6) is 5.75 Å². The highest BCUT2D eigenvalue weighted by Crippen LogP contribution is 2.40. The Bertz CT molecular complexity index is 1260. The molecule has 1 amide bonds. The largest absolute Gasteiger partial charge is 0.464 e. The Labute approximate surface area is 250 Å². The van der Waals surface area contributed by atoms with Crippen LogP contribution in [0.25, 0.3) is 0 Å². The van der Waals surface area contributed by atoms with Gasteiger partial charge in [0, 0.05) is 40.3 Å². The number of nitrogens with one attached hydrogen (secondary N) is 1. The van der Waals surface area contributed by atoms with Gasteiger partial charge >= 0.3 is 35.6 Å². The Kier molecular flexibility index (Phi) is 12.4. The number of nitrogens with two attached hydrogens (primary N) is 1. The maximum Gasteiger partial charge on any atom is 0.379 e. The summed E-state index contributed by atoms with van der Waals surface area (Å²) in [6.45, 7) is 4.40.